The monoisotopic (exact) mass is 176 g/mol. The zero-order chi connectivity index (χ0) is 9.26. The summed E-state index contributed by atoms with van der Waals surface area (Å²) in [5.74, 6) is 1.32. The molecule has 0 bridgehead atoms. The van der Waals surface area contributed by atoms with Gasteiger partial charge in [0.15, 0.2) is 0 Å². The minimum absolute atomic E-state index is 0.385. The molecule has 0 aromatic carbocycles. The van der Waals surface area contributed by atoms with Crippen molar-refractivity contribution < 1.29 is 0 Å². The lowest BCUT2D eigenvalue weighted by atomic mass is 10.1. The predicted molar refractivity (Wildman–Crippen MR) is 52.7 cm³/mol. The minimum atomic E-state index is 0.385. The summed E-state index contributed by atoms with van der Waals surface area (Å²) in [6.07, 6.45) is 7.72. The number of dihydropyridines is 1. The van der Waals surface area contributed by atoms with Gasteiger partial charge in [0.25, 0.3) is 0 Å². The van der Waals surface area contributed by atoms with Crippen LogP contribution in [0.15, 0.2) is 24.5 Å². The summed E-state index contributed by atoms with van der Waals surface area (Å²) >= 11 is 0. The first-order chi connectivity index (χ1) is 6.25. The first-order valence-corrected chi connectivity index (χ1v) is 4.21. The number of H-pyrrole nitrogens is 1. The van der Waals surface area contributed by atoms with Gasteiger partial charge in [-0.05, 0) is 6.92 Å². The SMILES string of the molecule is CC1C=CC(c2nc(N)c[nH]2)=CN1. The van der Waals surface area contributed by atoms with Crippen LogP contribution in [0, 0.1) is 0 Å². The standard InChI is InChI=1S/C9H12N4/c1-6-2-3-7(4-11-6)9-12-5-8(10)13-9/h2-6,11H,10H2,1H3,(H,12,13). The molecule has 1 atom stereocenters. The molecule has 1 unspecified atom stereocenters. The van der Waals surface area contributed by atoms with E-state index < -0.39 is 0 Å². The van der Waals surface area contributed by atoms with Gasteiger partial charge in [0.05, 0.1) is 0 Å². The van der Waals surface area contributed by atoms with Crippen molar-refractivity contribution in [3.8, 4) is 0 Å². The van der Waals surface area contributed by atoms with Gasteiger partial charge in [-0.3, -0.25) is 0 Å². The third-order valence-electron chi connectivity index (χ3n) is 1.94. The summed E-state index contributed by atoms with van der Waals surface area (Å²) in [5.41, 5.74) is 6.52. The number of hydrogen-bond acceptors (Lipinski definition) is 3. The van der Waals surface area contributed by atoms with E-state index in [2.05, 4.69) is 28.3 Å². The molecule has 1 aromatic rings. The number of aromatic nitrogens is 2. The predicted octanol–water partition coefficient (Wildman–Crippen LogP) is 0.881. The topological polar surface area (TPSA) is 66.7 Å². The van der Waals surface area contributed by atoms with Crippen LogP contribution in [0.3, 0.4) is 0 Å². The van der Waals surface area contributed by atoms with Gasteiger partial charge in [-0.15, -0.1) is 0 Å². The quantitative estimate of drug-likeness (QED) is 0.595. The van der Waals surface area contributed by atoms with E-state index in [4.69, 9.17) is 5.73 Å². The van der Waals surface area contributed by atoms with Crippen molar-refractivity contribution in [2.45, 2.75) is 13.0 Å². The molecule has 0 spiro atoms. The fourth-order valence-electron chi connectivity index (χ4n) is 1.20. The van der Waals surface area contributed by atoms with Crippen LogP contribution in [-0.4, -0.2) is 16.0 Å². The average Bonchev–Trinajstić information content (AvgIpc) is 2.53. The maximum absolute atomic E-state index is 5.50. The molecule has 0 saturated carbocycles. The lowest BCUT2D eigenvalue weighted by Gasteiger charge is -2.12. The Balaban J connectivity index is 2.24. The van der Waals surface area contributed by atoms with Crippen LogP contribution < -0.4 is 11.1 Å². The van der Waals surface area contributed by atoms with Crippen LogP contribution in [0.5, 0.6) is 0 Å². The lowest BCUT2D eigenvalue weighted by Crippen LogP contribution is -2.20. The summed E-state index contributed by atoms with van der Waals surface area (Å²) in [6, 6.07) is 0.385. The van der Waals surface area contributed by atoms with Gasteiger partial charge >= 0.3 is 0 Å². The molecule has 1 aliphatic heterocycles. The summed E-state index contributed by atoms with van der Waals surface area (Å²) in [6.45, 7) is 2.08. The Bertz CT molecular complexity index is 361. The molecule has 1 aromatic heterocycles. The molecule has 4 N–H and O–H groups in total. The molecule has 0 amide bonds. The molecule has 13 heavy (non-hydrogen) atoms. The van der Waals surface area contributed by atoms with Gasteiger partial charge in [-0.2, -0.15) is 0 Å². The second-order valence-electron chi connectivity index (χ2n) is 3.09. The molecule has 2 heterocycles. The van der Waals surface area contributed by atoms with E-state index in [0.29, 0.717) is 11.9 Å². The Hall–Kier alpha value is -1.71. The molecular weight excluding hydrogens is 164 g/mol. The number of rotatable bonds is 1. The maximum Gasteiger partial charge on any atom is 0.142 e. The van der Waals surface area contributed by atoms with Crippen molar-refractivity contribution in [3.05, 3.63) is 30.4 Å². The van der Waals surface area contributed by atoms with Gasteiger partial charge in [0, 0.05) is 24.0 Å². The van der Waals surface area contributed by atoms with Gasteiger partial charge in [0.2, 0.25) is 0 Å². The largest absolute Gasteiger partial charge is 0.384 e. The van der Waals surface area contributed by atoms with Crippen molar-refractivity contribution in [1.29, 1.82) is 0 Å². The van der Waals surface area contributed by atoms with Crippen molar-refractivity contribution in [2.24, 2.45) is 0 Å². The maximum atomic E-state index is 5.50. The summed E-state index contributed by atoms with van der Waals surface area (Å²) < 4.78 is 0. The summed E-state index contributed by atoms with van der Waals surface area (Å²) in [5, 5.41) is 3.19. The molecule has 2 rings (SSSR count). The third kappa shape index (κ3) is 1.56. The van der Waals surface area contributed by atoms with E-state index in [0.717, 1.165) is 11.4 Å². The van der Waals surface area contributed by atoms with E-state index in [1.807, 2.05) is 12.3 Å². The highest BCUT2D eigenvalue weighted by molar-refractivity contribution is 5.71. The summed E-state index contributed by atoms with van der Waals surface area (Å²) in [7, 11) is 0. The van der Waals surface area contributed by atoms with Gasteiger partial charge in [-0.1, -0.05) is 12.2 Å². The zero-order valence-corrected chi connectivity index (χ0v) is 7.41. The average molecular weight is 176 g/mol. The molecule has 4 heteroatoms. The Labute approximate surface area is 76.6 Å². The second kappa shape index (κ2) is 2.97. The van der Waals surface area contributed by atoms with Crippen molar-refractivity contribution >= 4 is 11.4 Å². The molecule has 0 radical (unpaired) electrons. The fourth-order valence-corrected chi connectivity index (χ4v) is 1.20. The first-order valence-electron chi connectivity index (χ1n) is 4.21. The molecular formula is C9H12N4. The number of nitrogen functional groups attached to an aromatic ring is 1. The second-order valence-corrected chi connectivity index (χ2v) is 3.09. The highest BCUT2D eigenvalue weighted by atomic mass is 15.0. The van der Waals surface area contributed by atoms with Crippen LogP contribution in [0.25, 0.3) is 5.57 Å². The van der Waals surface area contributed by atoms with Crippen LogP contribution in [-0.2, 0) is 0 Å². The molecule has 0 fully saturated rings. The molecule has 68 valence electrons. The number of allylic oxidation sites excluding steroid dienone is 2. The zero-order valence-electron chi connectivity index (χ0n) is 7.41. The van der Waals surface area contributed by atoms with Crippen molar-refractivity contribution in [2.75, 3.05) is 5.73 Å². The van der Waals surface area contributed by atoms with Crippen molar-refractivity contribution in [3.63, 3.8) is 0 Å². The molecule has 0 aliphatic carbocycles. The van der Waals surface area contributed by atoms with E-state index in [-0.39, 0.29) is 0 Å². The van der Waals surface area contributed by atoms with Crippen LogP contribution in [0.2, 0.25) is 0 Å². The number of nitrogens with two attached hydrogens (primary N) is 1. The normalized spacial score (nSPS) is 21.0. The first kappa shape index (κ1) is 7.91. The molecule has 4 nitrogen and oxygen atoms in total. The number of hydrogen-bond donors (Lipinski definition) is 3. The minimum Gasteiger partial charge on any atom is -0.384 e. The van der Waals surface area contributed by atoms with E-state index in [1.165, 1.54) is 0 Å². The van der Waals surface area contributed by atoms with E-state index in [9.17, 15) is 0 Å². The van der Waals surface area contributed by atoms with Crippen molar-refractivity contribution in [1.82, 2.24) is 15.3 Å². The number of imidazole rings is 1. The fraction of sp³-hybridized carbons (Fsp3) is 0.222. The number of anilines is 1. The Kier molecular flexibility index (Phi) is 1.81. The number of nitrogens with zero attached hydrogens (tertiary/aromatic N) is 1. The van der Waals surface area contributed by atoms with Crippen LogP contribution >= 0.6 is 0 Å². The van der Waals surface area contributed by atoms with Gasteiger partial charge in [-0.25, -0.2) is 4.98 Å². The molecule has 1 aliphatic rings. The van der Waals surface area contributed by atoms with Gasteiger partial charge < -0.3 is 16.0 Å². The Morgan fingerprint density at radius 3 is 2.92 bits per heavy atom. The van der Waals surface area contributed by atoms with Crippen LogP contribution in [0.4, 0.5) is 5.82 Å². The third-order valence-corrected chi connectivity index (χ3v) is 1.94. The smallest absolute Gasteiger partial charge is 0.142 e. The lowest BCUT2D eigenvalue weighted by molar-refractivity contribution is 0.763. The van der Waals surface area contributed by atoms with E-state index in [1.54, 1.807) is 6.20 Å². The van der Waals surface area contributed by atoms with E-state index >= 15 is 0 Å². The highest BCUT2D eigenvalue weighted by Gasteiger charge is 2.06. The molecule has 0 saturated heterocycles. The Morgan fingerprint density at radius 1 is 1.54 bits per heavy atom. The van der Waals surface area contributed by atoms with Gasteiger partial charge in [0.1, 0.15) is 11.6 Å². The van der Waals surface area contributed by atoms with Crippen LogP contribution in [0.1, 0.15) is 12.7 Å². The highest BCUT2D eigenvalue weighted by Crippen LogP contribution is 2.15. The Morgan fingerprint density at radius 2 is 2.38 bits per heavy atom. The number of nitrogens with one attached hydrogen (secondary N) is 2. The summed E-state index contributed by atoms with van der Waals surface area (Å²) in [4.78, 5) is 7.12. The number of aromatic amines is 1.